The molecule has 0 aliphatic carbocycles. The van der Waals surface area contributed by atoms with Gasteiger partial charge in [0.2, 0.25) is 11.8 Å². The molecule has 0 saturated carbocycles. The van der Waals surface area contributed by atoms with Gasteiger partial charge in [0.25, 0.3) is 12.3 Å². The summed E-state index contributed by atoms with van der Waals surface area (Å²) < 4.78 is 121. The fourth-order valence-corrected chi connectivity index (χ4v) is 5.03. The highest BCUT2D eigenvalue weighted by Crippen LogP contribution is 2.37. The fourth-order valence-electron chi connectivity index (χ4n) is 5.03. The van der Waals surface area contributed by atoms with Crippen molar-refractivity contribution in [1.82, 2.24) is 29.0 Å². The van der Waals surface area contributed by atoms with Crippen LogP contribution in [-0.4, -0.2) is 86.8 Å². The molecule has 15 heteroatoms. The lowest BCUT2D eigenvalue weighted by Crippen LogP contribution is -2.61. The molecule has 4 aromatic rings. The maximum atomic E-state index is 15.4. The van der Waals surface area contributed by atoms with E-state index in [1.54, 1.807) is 4.90 Å². The van der Waals surface area contributed by atoms with Crippen LogP contribution in [-0.2, 0) is 11.3 Å². The quantitative estimate of drug-likeness (QED) is 0.346. The number of fused-ring (bicyclic) bond motifs is 2. The molecule has 1 aromatic carbocycles. The van der Waals surface area contributed by atoms with Gasteiger partial charge < -0.3 is 19.4 Å². The molecule has 39 heavy (non-hydrogen) atoms. The van der Waals surface area contributed by atoms with Crippen LogP contribution in [0.3, 0.4) is 0 Å². The number of benzene rings is 1. The first kappa shape index (κ1) is 22.2. The van der Waals surface area contributed by atoms with E-state index in [-0.39, 0.29) is 34.6 Å². The van der Waals surface area contributed by atoms with E-state index in [2.05, 4.69) is 20.4 Å². The molecule has 0 amide bonds. The van der Waals surface area contributed by atoms with E-state index in [0.717, 1.165) is 27.7 Å². The molecule has 208 valence electrons. The van der Waals surface area contributed by atoms with Gasteiger partial charge in [-0.2, -0.15) is 4.98 Å². The van der Waals surface area contributed by atoms with Gasteiger partial charge in [0.1, 0.15) is 11.0 Å². The summed E-state index contributed by atoms with van der Waals surface area (Å²) in [6.45, 7) is -0.270. The van der Waals surface area contributed by atoms with Gasteiger partial charge >= 0.3 is 0 Å². The molecule has 0 bridgehead atoms. The number of hydrogen-bond acceptors (Lipinski definition) is 7. The summed E-state index contributed by atoms with van der Waals surface area (Å²) in [5, 5.41) is 6.59. The number of ether oxygens (including phenoxy) is 2. The highest BCUT2D eigenvalue weighted by molar-refractivity contribution is 5.90. The summed E-state index contributed by atoms with van der Waals surface area (Å²) in [6.07, 6.45) is -0.953. The number of aromatic nitrogens is 5. The van der Waals surface area contributed by atoms with E-state index >= 15 is 13.2 Å². The number of hydrogen-bond donors (Lipinski definition) is 1. The number of nitrogens with zero attached hydrogens (tertiary/aromatic N) is 6. The van der Waals surface area contributed by atoms with Crippen molar-refractivity contribution in [3.8, 4) is 17.0 Å². The molecule has 9 nitrogen and oxygen atoms in total. The Morgan fingerprint density at radius 3 is 2.77 bits per heavy atom. The lowest BCUT2D eigenvalue weighted by atomic mass is 9.98. The summed E-state index contributed by atoms with van der Waals surface area (Å²) in [4.78, 5) is 9.42. The van der Waals surface area contributed by atoms with Crippen LogP contribution in [0.1, 0.15) is 10.5 Å². The maximum absolute atomic E-state index is 15.4. The number of imidazole rings is 1. The Labute approximate surface area is 221 Å². The third-order valence-electron chi connectivity index (χ3n) is 7.02. The second-order valence-corrected chi connectivity index (χ2v) is 9.51. The molecule has 1 unspecified atom stereocenters. The third kappa shape index (κ3) is 4.52. The van der Waals surface area contributed by atoms with Crippen LogP contribution in [0.4, 0.5) is 32.3 Å². The molecule has 1 N–H and O–H groups in total. The van der Waals surface area contributed by atoms with Gasteiger partial charge in [0, 0.05) is 6.54 Å². The van der Waals surface area contributed by atoms with Crippen molar-refractivity contribution in [1.29, 1.82) is 0 Å². The highest BCUT2D eigenvalue weighted by atomic mass is 19.3. The second kappa shape index (κ2) is 9.55. The zero-order valence-electron chi connectivity index (χ0n) is 23.1. The molecular formula is C24H23F6N7O2. The number of methoxy groups -OCH3 is 1. The minimum absolute atomic E-state index is 0.00274. The second-order valence-electron chi connectivity index (χ2n) is 9.51. The van der Waals surface area contributed by atoms with E-state index in [4.69, 9.17) is 13.6 Å². The predicted octanol–water partition coefficient (Wildman–Crippen LogP) is 3.82. The molecule has 2 aliphatic heterocycles. The lowest BCUT2D eigenvalue weighted by Gasteiger charge is -2.44. The molecule has 5 heterocycles. The van der Waals surface area contributed by atoms with Crippen LogP contribution in [0.5, 0.6) is 5.88 Å². The van der Waals surface area contributed by atoms with E-state index < -0.39 is 67.5 Å². The van der Waals surface area contributed by atoms with Gasteiger partial charge in [-0.3, -0.25) is 4.90 Å². The van der Waals surface area contributed by atoms with Crippen LogP contribution in [0.25, 0.3) is 27.7 Å². The summed E-state index contributed by atoms with van der Waals surface area (Å²) in [5.41, 5.74) is -1.22. The Morgan fingerprint density at radius 1 is 1.26 bits per heavy atom. The van der Waals surface area contributed by atoms with Gasteiger partial charge in [0.05, 0.1) is 73.1 Å². The van der Waals surface area contributed by atoms with Crippen molar-refractivity contribution in [3.05, 3.63) is 36.3 Å². The minimum Gasteiger partial charge on any atom is -0.479 e. The van der Waals surface area contributed by atoms with Gasteiger partial charge in [0.15, 0.2) is 11.6 Å². The largest absolute Gasteiger partial charge is 0.479 e. The molecule has 6 rings (SSSR count). The van der Waals surface area contributed by atoms with Gasteiger partial charge in [-0.15, -0.1) is 5.10 Å². The number of rotatable bonds is 7. The average Bonchev–Trinajstić information content (AvgIpc) is 3.38. The summed E-state index contributed by atoms with van der Waals surface area (Å²) in [5.74, 6) is -6.34. The van der Waals surface area contributed by atoms with Gasteiger partial charge in [-0.05, 0) is 24.1 Å². The number of alkyl halides is 4. The molecule has 0 spiro atoms. The van der Waals surface area contributed by atoms with Crippen molar-refractivity contribution in [2.24, 2.45) is 0 Å². The Hall–Kier alpha value is -3.59. The topological polar surface area (TPSA) is 81.7 Å². The predicted molar refractivity (Wildman–Crippen MR) is 127 cm³/mol. The van der Waals surface area contributed by atoms with Gasteiger partial charge in [-0.1, -0.05) is 0 Å². The Bertz CT molecular complexity index is 1640. The summed E-state index contributed by atoms with van der Waals surface area (Å²) in [6, 6.07) is 0.578. The third-order valence-corrected chi connectivity index (χ3v) is 7.02. The zero-order valence-corrected chi connectivity index (χ0v) is 20.1. The van der Waals surface area contributed by atoms with Crippen LogP contribution in [0.2, 0.25) is 0 Å². The molecule has 3 aromatic heterocycles. The Kier molecular flexibility index (Phi) is 5.45. The molecule has 0 radical (unpaired) electrons. The molecule has 2 aliphatic rings. The summed E-state index contributed by atoms with van der Waals surface area (Å²) in [7, 11) is -3.10. The van der Waals surface area contributed by atoms with Crippen molar-refractivity contribution >= 4 is 22.5 Å². The highest BCUT2D eigenvalue weighted by Gasteiger charge is 2.47. The zero-order chi connectivity index (χ0) is 30.0. The monoisotopic (exact) mass is 558 g/mol. The Morgan fingerprint density at radius 2 is 2.08 bits per heavy atom. The standard InChI is InChI=1S/C24H23F6N7O2/c1-38-22-21-19(12-4-14(25)20-16(5-12)36(11-31-20)7-18(27)28)15(26)6-37(21)34-23(33-22)32-17-2-3-35(10-24(17,29)30)13-8-39-9-13/h4-6,11,13,17-18H,2-3,7-10H2,1H3,(H,32,34)/i1D3. The van der Waals surface area contributed by atoms with Crippen molar-refractivity contribution in [3.63, 3.8) is 0 Å². The van der Waals surface area contributed by atoms with E-state index in [9.17, 15) is 13.2 Å². The minimum atomic E-state index is -3.22. The van der Waals surface area contributed by atoms with Crippen molar-refractivity contribution in [2.45, 2.75) is 37.4 Å². The summed E-state index contributed by atoms with van der Waals surface area (Å²) >= 11 is 0. The van der Waals surface area contributed by atoms with Crippen LogP contribution in [0, 0.1) is 11.6 Å². The van der Waals surface area contributed by atoms with E-state index in [1.807, 2.05) is 0 Å². The number of anilines is 1. The number of halogens is 6. The normalized spacial score (nSPS) is 21.6. The Balaban J connectivity index is 1.41. The fraction of sp³-hybridized carbons (Fsp3) is 0.458. The molecule has 2 fully saturated rings. The first-order valence-electron chi connectivity index (χ1n) is 13.5. The number of piperidine rings is 1. The smallest absolute Gasteiger partial charge is 0.280 e. The number of nitrogens with one attached hydrogen (secondary N) is 1. The van der Waals surface area contributed by atoms with Gasteiger partial charge in [-0.25, -0.2) is 35.8 Å². The molecular weight excluding hydrogens is 532 g/mol. The SMILES string of the molecule is [2H]C([2H])([2H])Oc1nc(NC2CCN(C3COC3)CC2(F)F)nn2cc(F)c(-c3cc(F)c4ncn(CC(F)F)c4c3)c12. The average molecular weight is 559 g/mol. The van der Waals surface area contributed by atoms with Crippen LogP contribution < -0.4 is 10.1 Å². The first-order chi connectivity index (χ1) is 19.8. The number of likely N-dealkylation sites (tertiary alicyclic amines) is 1. The lowest BCUT2D eigenvalue weighted by molar-refractivity contribution is -0.131. The van der Waals surface area contributed by atoms with Crippen molar-refractivity contribution in [2.75, 3.05) is 38.7 Å². The first-order valence-corrected chi connectivity index (χ1v) is 12.0. The van der Waals surface area contributed by atoms with E-state index in [1.165, 1.54) is 6.07 Å². The van der Waals surface area contributed by atoms with Crippen LogP contribution in [0.15, 0.2) is 24.7 Å². The molecule has 2 saturated heterocycles. The van der Waals surface area contributed by atoms with E-state index in [0.29, 0.717) is 19.8 Å². The van der Waals surface area contributed by atoms with Crippen LogP contribution >= 0.6 is 0 Å². The maximum Gasteiger partial charge on any atom is 0.280 e. The molecule has 1 atom stereocenters. The van der Waals surface area contributed by atoms with Crippen molar-refractivity contribution < 1.29 is 39.9 Å².